The summed E-state index contributed by atoms with van der Waals surface area (Å²) >= 11 is 1.72. The highest BCUT2D eigenvalue weighted by molar-refractivity contribution is 7.98. The summed E-state index contributed by atoms with van der Waals surface area (Å²) in [5.41, 5.74) is 4.25. The molecule has 0 bridgehead atoms. The van der Waals surface area contributed by atoms with E-state index in [1.54, 1.807) is 18.7 Å². The molecule has 6 nitrogen and oxygen atoms in total. The lowest BCUT2D eigenvalue weighted by Gasteiger charge is -2.16. The highest BCUT2D eigenvalue weighted by atomic mass is 32.2. The SMILES string of the molecule is CSCCC(NC(=O)c1[nH]c(C)c(C(C)=O)c1C)c1nc2ccccc2[nH]1. The summed E-state index contributed by atoms with van der Waals surface area (Å²) in [6.45, 7) is 5.12. The van der Waals surface area contributed by atoms with Crippen LogP contribution in [0.5, 0.6) is 0 Å². The number of amides is 1. The number of carbonyl (C=O) groups excluding carboxylic acids is 2. The van der Waals surface area contributed by atoms with Crippen molar-refractivity contribution in [3.8, 4) is 0 Å². The third-order valence-electron chi connectivity index (χ3n) is 4.67. The van der Waals surface area contributed by atoms with Crippen LogP contribution in [0.15, 0.2) is 24.3 Å². The van der Waals surface area contributed by atoms with Crippen LogP contribution < -0.4 is 5.32 Å². The van der Waals surface area contributed by atoms with Gasteiger partial charge < -0.3 is 15.3 Å². The molecule has 3 aromatic rings. The van der Waals surface area contributed by atoms with Crippen LogP contribution in [0.1, 0.15) is 57.3 Å². The number of imidazole rings is 1. The standard InChI is InChI=1S/C20H24N4O2S/c1-11-17(13(3)25)12(2)21-18(11)20(26)24-16(9-10-27-4)19-22-14-7-5-6-8-15(14)23-19/h5-8,16,21H,9-10H2,1-4H3,(H,22,23)(H,24,26). The smallest absolute Gasteiger partial charge is 0.268 e. The molecule has 2 heterocycles. The summed E-state index contributed by atoms with van der Waals surface area (Å²) in [6, 6.07) is 7.57. The van der Waals surface area contributed by atoms with Crippen LogP contribution in [0.2, 0.25) is 0 Å². The number of hydrogen-bond acceptors (Lipinski definition) is 4. The van der Waals surface area contributed by atoms with Gasteiger partial charge in [-0.2, -0.15) is 11.8 Å². The summed E-state index contributed by atoms with van der Waals surface area (Å²) in [4.78, 5) is 35.8. The number of H-pyrrole nitrogens is 2. The van der Waals surface area contributed by atoms with E-state index in [-0.39, 0.29) is 17.7 Å². The second-order valence-corrected chi connectivity index (χ2v) is 7.61. The van der Waals surface area contributed by atoms with E-state index in [0.29, 0.717) is 16.8 Å². The van der Waals surface area contributed by atoms with Crippen molar-refractivity contribution in [2.24, 2.45) is 0 Å². The Morgan fingerprint density at radius 3 is 2.59 bits per heavy atom. The number of thioether (sulfide) groups is 1. The first-order valence-electron chi connectivity index (χ1n) is 8.87. The number of fused-ring (bicyclic) bond motifs is 1. The topological polar surface area (TPSA) is 90.6 Å². The van der Waals surface area contributed by atoms with E-state index in [2.05, 4.69) is 20.3 Å². The molecule has 0 radical (unpaired) electrons. The molecule has 0 saturated carbocycles. The lowest BCUT2D eigenvalue weighted by molar-refractivity contribution is 0.0929. The number of hydrogen-bond donors (Lipinski definition) is 3. The van der Waals surface area contributed by atoms with Gasteiger partial charge in [0.05, 0.1) is 17.1 Å². The number of nitrogens with zero attached hydrogens (tertiary/aromatic N) is 1. The molecule has 1 atom stereocenters. The predicted molar refractivity (Wildman–Crippen MR) is 110 cm³/mol. The molecule has 0 aliphatic heterocycles. The number of aryl methyl sites for hydroxylation is 1. The van der Waals surface area contributed by atoms with Crippen molar-refractivity contribution in [2.75, 3.05) is 12.0 Å². The van der Waals surface area contributed by atoms with Crippen LogP contribution in [-0.2, 0) is 0 Å². The molecular weight excluding hydrogens is 360 g/mol. The van der Waals surface area contributed by atoms with Gasteiger partial charge in [-0.15, -0.1) is 0 Å². The quantitative estimate of drug-likeness (QED) is 0.538. The van der Waals surface area contributed by atoms with Crippen LogP contribution in [0.3, 0.4) is 0 Å². The van der Waals surface area contributed by atoms with Crippen molar-refractivity contribution < 1.29 is 9.59 Å². The number of aromatic nitrogens is 3. The van der Waals surface area contributed by atoms with Crippen molar-refractivity contribution in [3.63, 3.8) is 0 Å². The number of rotatable bonds is 7. The van der Waals surface area contributed by atoms with Crippen LogP contribution in [0.4, 0.5) is 0 Å². The van der Waals surface area contributed by atoms with Gasteiger partial charge in [-0.25, -0.2) is 4.98 Å². The van der Waals surface area contributed by atoms with E-state index >= 15 is 0 Å². The maximum Gasteiger partial charge on any atom is 0.268 e. The molecule has 1 amide bonds. The summed E-state index contributed by atoms with van der Waals surface area (Å²) in [5.74, 6) is 1.36. The fourth-order valence-corrected chi connectivity index (χ4v) is 3.86. The van der Waals surface area contributed by atoms with Crippen LogP contribution in [0.25, 0.3) is 11.0 Å². The normalized spacial score (nSPS) is 12.3. The first-order valence-corrected chi connectivity index (χ1v) is 10.3. The van der Waals surface area contributed by atoms with Crippen molar-refractivity contribution in [3.05, 3.63) is 52.6 Å². The molecule has 1 aromatic carbocycles. The average Bonchev–Trinajstić information content (AvgIpc) is 3.18. The molecule has 0 spiro atoms. The molecule has 142 valence electrons. The zero-order valence-corrected chi connectivity index (χ0v) is 16.8. The second-order valence-electron chi connectivity index (χ2n) is 6.63. The third-order valence-corrected chi connectivity index (χ3v) is 5.31. The lowest BCUT2D eigenvalue weighted by atomic mass is 10.1. The van der Waals surface area contributed by atoms with Gasteiger partial charge in [0.1, 0.15) is 11.5 Å². The zero-order chi connectivity index (χ0) is 19.6. The van der Waals surface area contributed by atoms with E-state index in [1.165, 1.54) is 6.92 Å². The van der Waals surface area contributed by atoms with Crippen molar-refractivity contribution in [1.29, 1.82) is 0 Å². The Morgan fingerprint density at radius 1 is 1.22 bits per heavy atom. The lowest BCUT2D eigenvalue weighted by Crippen LogP contribution is -2.30. The number of aromatic amines is 2. The van der Waals surface area contributed by atoms with Gasteiger partial charge in [0.15, 0.2) is 5.78 Å². The molecule has 0 aliphatic carbocycles. The zero-order valence-electron chi connectivity index (χ0n) is 16.0. The molecular formula is C20H24N4O2S. The van der Waals surface area contributed by atoms with E-state index in [4.69, 9.17) is 0 Å². The molecule has 3 N–H and O–H groups in total. The summed E-state index contributed by atoms with van der Waals surface area (Å²) in [6.07, 6.45) is 2.79. The molecule has 0 saturated heterocycles. The van der Waals surface area contributed by atoms with Gasteiger partial charge >= 0.3 is 0 Å². The number of nitrogens with one attached hydrogen (secondary N) is 3. The highest BCUT2D eigenvalue weighted by Gasteiger charge is 2.24. The molecule has 1 unspecified atom stereocenters. The third kappa shape index (κ3) is 3.93. The fraction of sp³-hybridized carbons (Fsp3) is 0.350. The Balaban J connectivity index is 1.89. The fourth-order valence-electron chi connectivity index (χ4n) is 3.39. The summed E-state index contributed by atoms with van der Waals surface area (Å²) < 4.78 is 0. The van der Waals surface area contributed by atoms with Crippen molar-refractivity contribution >= 4 is 34.5 Å². The van der Waals surface area contributed by atoms with Crippen molar-refractivity contribution in [1.82, 2.24) is 20.3 Å². The Kier molecular flexibility index (Phi) is 5.70. The Morgan fingerprint density at radius 2 is 1.96 bits per heavy atom. The second kappa shape index (κ2) is 8.00. The number of Topliss-reactive ketones (excluding diaryl/α,β-unsaturated/α-hetero) is 1. The molecule has 27 heavy (non-hydrogen) atoms. The minimum Gasteiger partial charge on any atom is -0.354 e. The number of benzene rings is 1. The van der Waals surface area contributed by atoms with Gasteiger partial charge in [-0.1, -0.05) is 12.1 Å². The van der Waals surface area contributed by atoms with Gasteiger partial charge in [-0.05, 0) is 56.9 Å². The van der Waals surface area contributed by atoms with Gasteiger partial charge in [0, 0.05) is 11.3 Å². The number of para-hydroxylation sites is 2. The average molecular weight is 385 g/mol. The van der Waals surface area contributed by atoms with Gasteiger partial charge in [0.2, 0.25) is 0 Å². The monoisotopic (exact) mass is 384 g/mol. The van der Waals surface area contributed by atoms with E-state index in [1.807, 2.05) is 37.4 Å². The van der Waals surface area contributed by atoms with E-state index < -0.39 is 0 Å². The number of ketones is 1. The first-order chi connectivity index (χ1) is 12.9. The molecule has 2 aromatic heterocycles. The molecule has 7 heteroatoms. The molecule has 0 aliphatic rings. The van der Waals surface area contributed by atoms with E-state index in [9.17, 15) is 9.59 Å². The Bertz CT molecular complexity index is 956. The van der Waals surface area contributed by atoms with Crippen LogP contribution in [0, 0.1) is 13.8 Å². The Labute approximate surface area is 162 Å². The van der Waals surface area contributed by atoms with Crippen LogP contribution >= 0.6 is 11.8 Å². The number of carbonyl (C=O) groups is 2. The van der Waals surface area contributed by atoms with Crippen LogP contribution in [-0.4, -0.2) is 38.7 Å². The van der Waals surface area contributed by atoms with E-state index in [0.717, 1.165) is 34.7 Å². The predicted octanol–water partition coefficient (Wildman–Crippen LogP) is 3.93. The van der Waals surface area contributed by atoms with Crippen molar-refractivity contribution in [2.45, 2.75) is 33.2 Å². The largest absolute Gasteiger partial charge is 0.354 e. The first kappa shape index (κ1) is 19.2. The maximum atomic E-state index is 12.9. The molecule has 3 rings (SSSR count). The van der Waals surface area contributed by atoms with Gasteiger partial charge in [-0.3, -0.25) is 9.59 Å². The minimum absolute atomic E-state index is 0.0449. The summed E-state index contributed by atoms with van der Waals surface area (Å²) in [5, 5.41) is 3.08. The highest BCUT2D eigenvalue weighted by Crippen LogP contribution is 2.23. The Hall–Kier alpha value is -2.54. The molecule has 0 fully saturated rings. The van der Waals surface area contributed by atoms with Gasteiger partial charge in [0.25, 0.3) is 5.91 Å². The summed E-state index contributed by atoms with van der Waals surface area (Å²) in [7, 11) is 0. The maximum absolute atomic E-state index is 12.9. The minimum atomic E-state index is -0.235.